The molecule has 0 atom stereocenters. The van der Waals surface area contributed by atoms with Crippen molar-refractivity contribution in [3.63, 3.8) is 0 Å². The van der Waals surface area contributed by atoms with E-state index in [1.165, 1.54) is 29.7 Å². The SMILES string of the molecule is Cc1ccc(NC2CC(c3cccc(Cl)c3)C2)cc1. The van der Waals surface area contributed by atoms with Crippen LogP contribution in [-0.2, 0) is 0 Å². The lowest BCUT2D eigenvalue weighted by molar-refractivity contribution is 0.374. The molecule has 0 unspecified atom stereocenters. The van der Waals surface area contributed by atoms with Crippen LogP contribution >= 0.6 is 11.6 Å². The van der Waals surface area contributed by atoms with E-state index in [1.54, 1.807) is 0 Å². The Balaban J connectivity index is 1.57. The van der Waals surface area contributed by atoms with E-state index >= 15 is 0 Å². The van der Waals surface area contributed by atoms with Crippen LogP contribution in [-0.4, -0.2) is 6.04 Å². The monoisotopic (exact) mass is 271 g/mol. The maximum atomic E-state index is 6.04. The Labute approximate surface area is 119 Å². The summed E-state index contributed by atoms with van der Waals surface area (Å²) in [6, 6.07) is 17.4. The Morgan fingerprint density at radius 2 is 1.79 bits per heavy atom. The minimum Gasteiger partial charge on any atom is -0.382 e. The zero-order valence-corrected chi connectivity index (χ0v) is 11.8. The number of anilines is 1. The molecule has 0 heterocycles. The molecule has 3 rings (SSSR count). The first-order valence-corrected chi connectivity index (χ1v) is 7.17. The topological polar surface area (TPSA) is 12.0 Å². The van der Waals surface area contributed by atoms with Crippen LogP contribution in [0.25, 0.3) is 0 Å². The quantitative estimate of drug-likeness (QED) is 0.828. The van der Waals surface area contributed by atoms with Crippen molar-refractivity contribution in [2.24, 2.45) is 0 Å². The van der Waals surface area contributed by atoms with Gasteiger partial charge in [-0.2, -0.15) is 0 Å². The van der Waals surface area contributed by atoms with Crippen LogP contribution in [0.3, 0.4) is 0 Å². The second-order valence-electron chi connectivity index (χ2n) is 5.43. The highest BCUT2D eigenvalue weighted by Crippen LogP contribution is 2.39. The lowest BCUT2D eigenvalue weighted by Gasteiger charge is -2.37. The van der Waals surface area contributed by atoms with Gasteiger partial charge in [-0.05, 0) is 55.5 Å². The fourth-order valence-corrected chi connectivity index (χ4v) is 2.85. The van der Waals surface area contributed by atoms with E-state index in [0.29, 0.717) is 12.0 Å². The van der Waals surface area contributed by atoms with Gasteiger partial charge in [-0.25, -0.2) is 0 Å². The Hall–Kier alpha value is -1.47. The van der Waals surface area contributed by atoms with E-state index in [-0.39, 0.29) is 0 Å². The first-order valence-electron chi connectivity index (χ1n) is 6.79. The summed E-state index contributed by atoms with van der Waals surface area (Å²) in [5.41, 5.74) is 3.89. The summed E-state index contributed by atoms with van der Waals surface area (Å²) in [5, 5.41) is 4.43. The molecule has 0 radical (unpaired) electrons. The van der Waals surface area contributed by atoms with Crippen molar-refractivity contribution in [2.75, 3.05) is 5.32 Å². The Bertz CT molecular complexity index is 556. The molecule has 2 heteroatoms. The lowest BCUT2D eigenvalue weighted by atomic mass is 9.76. The van der Waals surface area contributed by atoms with Gasteiger partial charge in [0.2, 0.25) is 0 Å². The van der Waals surface area contributed by atoms with Gasteiger partial charge in [0.25, 0.3) is 0 Å². The highest BCUT2D eigenvalue weighted by molar-refractivity contribution is 6.30. The van der Waals surface area contributed by atoms with Crippen molar-refractivity contribution < 1.29 is 0 Å². The number of benzene rings is 2. The second-order valence-corrected chi connectivity index (χ2v) is 5.87. The minimum atomic E-state index is 0.590. The summed E-state index contributed by atoms with van der Waals surface area (Å²) in [6.45, 7) is 2.11. The van der Waals surface area contributed by atoms with E-state index in [2.05, 4.69) is 48.6 Å². The number of rotatable bonds is 3. The first kappa shape index (κ1) is 12.6. The largest absolute Gasteiger partial charge is 0.382 e. The highest BCUT2D eigenvalue weighted by Gasteiger charge is 2.30. The average Bonchev–Trinajstić information content (AvgIpc) is 2.35. The Morgan fingerprint density at radius 1 is 1.05 bits per heavy atom. The summed E-state index contributed by atoms with van der Waals surface area (Å²) in [4.78, 5) is 0. The second kappa shape index (κ2) is 5.26. The summed E-state index contributed by atoms with van der Waals surface area (Å²) >= 11 is 6.04. The lowest BCUT2D eigenvalue weighted by Crippen LogP contribution is -2.33. The van der Waals surface area contributed by atoms with E-state index in [9.17, 15) is 0 Å². The van der Waals surface area contributed by atoms with E-state index in [4.69, 9.17) is 11.6 Å². The minimum absolute atomic E-state index is 0.590. The van der Waals surface area contributed by atoms with Crippen molar-refractivity contribution >= 4 is 17.3 Å². The number of nitrogens with one attached hydrogen (secondary N) is 1. The van der Waals surface area contributed by atoms with E-state index in [0.717, 1.165) is 5.02 Å². The molecule has 1 aliphatic carbocycles. The van der Waals surface area contributed by atoms with Crippen LogP contribution in [0.5, 0.6) is 0 Å². The van der Waals surface area contributed by atoms with Gasteiger partial charge in [-0.1, -0.05) is 41.4 Å². The van der Waals surface area contributed by atoms with Crippen molar-refractivity contribution in [2.45, 2.75) is 31.7 Å². The van der Waals surface area contributed by atoms with Gasteiger partial charge in [0, 0.05) is 16.8 Å². The number of halogens is 1. The fraction of sp³-hybridized carbons (Fsp3) is 0.294. The van der Waals surface area contributed by atoms with Crippen LogP contribution in [0.4, 0.5) is 5.69 Å². The predicted molar refractivity (Wildman–Crippen MR) is 82.0 cm³/mol. The smallest absolute Gasteiger partial charge is 0.0408 e. The van der Waals surface area contributed by atoms with Gasteiger partial charge >= 0.3 is 0 Å². The van der Waals surface area contributed by atoms with Gasteiger partial charge in [0.15, 0.2) is 0 Å². The predicted octanol–water partition coefficient (Wildman–Crippen LogP) is 5.01. The summed E-state index contributed by atoms with van der Waals surface area (Å²) in [7, 11) is 0. The zero-order chi connectivity index (χ0) is 13.2. The number of hydrogen-bond donors (Lipinski definition) is 1. The van der Waals surface area contributed by atoms with Crippen LogP contribution in [0.15, 0.2) is 48.5 Å². The standard InChI is InChI=1S/C17H18ClN/c1-12-5-7-16(8-6-12)19-17-10-14(11-17)13-3-2-4-15(18)9-13/h2-9,14,17,19H,10-11H2,1H3. The highest BCUT2D eigenvalue weighted by atomic mass is 35.5. The number of hydrogen-bond acceptors (Lipinski definition) is 1. The van der Waals surface area contributed by atoms with Crippen molar-refractivity contribution in [1.82, 2.24) is 0 Å². The molecule has 1 aliphatic rings. The molecule has 0 spiro atoms. The maximum absolute atomic E-state index is 6.04. The molecule has 2 aromatic rings. The van der Waals surface area contributed by atoms with Crippen LogP contribution in [0.2, 0.25) is 5.02 Å². The third kappa shape index (κ3) is 2.93. The molecule has 0 aromatic heterocycles. The summed E-state index contributed by atoms with van der Waals surface area (Å²) < 4.78 is 0. The number of aryl methyl sites for hydroxylation is 1. The third-order valence-corrected chi connectivity index (χ3v) is 4.12. The molecular formula is C17H18ClN. The van der Waals surface area contributed by atoms with Crippen molar-refractivity contribution in [3.05, 3.63) is 64.7 Å². The zero-order valence-electron chi connectivity index (χ0n) is 11.1. The van der Waals surface area contributed by atoms with Crippen molar-refractivity contribution in [1.29, 1.82) is 0 Å². The van der Waals surface area contributed by atoms with Crippen LogP contribution in [0, 0.1) is 6.92 Å². The molecule has 1 nitrogen and oxygen atoms in total. The molecule has 1 N–H and O–H groups in total. The molecule has 2 aromatic carbocycles. The summed E-state index contributed by atoms with van der Waals surface area (Å²) in [5.74, 6) is 0.654. The third-order valence-electron chi connectivity index (χ3n) is 3.88. The van der Waals surface area contributed by atoms with Gasteiger partial charge in [0.1, 0.15) is 0 Å². The fourth-order valence-electron chi connectivity index (χ4n) is 2.65. The van der Waals surface area contributed by atoms with Crippen LogP contribution in [0.1, 0.15) is 29.9 Å². The molecule has 0 amide bonds. The molecule has 0 saturated heterocycles. The van der Waals surface area contributed by atoms with E-state index in [1.807, 2.05) is 12.1 Å². The molecule has 0 aliphatic heterocycles. The molecule has 1 fully saturated rings. The normalized spacial score (nSPS) is 21.8. The molecular weight excluding hydrogens is 254 g/mol. The Morgan fingerprint density at radius 3 is 2.47 bits per heavy atom. The van der Waals surface area contributed by atoms with Gasteiger partial charge in [-0.15, -0.1) is 0 Å². The average molecular weight is 272 g/mol. The van der Waals surface area contributed by atoms with E-state index < -0.39 is 0 Å². The Kier molecular flexibility index (Phi) is 3.48. The van der Waals surface area contributed by atoms with Gasteiger partial charge in [0.05, 0.1) is 0 Å². The molecule has 19 heavy (non-hydrogen) atoms. The molecule has 1 saturated carbocycles. The maximum Gasteiger partial charge on any atom is 0.0408 e. The molecule has 98 valence electrons. The van der Waals surface area contributed by atoms with Gasteiger partial charge in [-0.3, -0.25) is 0 Å². The summed E-state index contributed by atoms with van der Waals surface area (Å²) in [6.07, 6.45) is 2.38. The molecule has 0 bridgehead atoms. The van der Waals surface area contributed by atoms with Gasteiger partial charge < -0.3 is 5.32 Å². The first-order chi connectivity index (χ1) is 9.20. The van der Waals surface area contributed by atoms with Crippen LogP contribution < -0.4 is 5.32 Å². The van der Waals surface area contributed by atoms with Crippen molar-refractivity contribution in [3.8, 4) is 0 Å².